The van der Waals surface area contributed by atoms with Crippen LogP contribution in [-0.2, 0) is 13.1 Å². The molecule has 2 aromatic rings. The molecule has 0 fully saturated rings. The predicted molar refractivity (Wildman–Crippen MR) is 79.2 cm³/mol. The molecule has 4 nitrogen and oxygen atoms in total. The molecule has 0 atom stereocenters. The van der Waals surface area contributed by atoms with Crippen molar-refractivity contribution in [1.82, 2.24) is 9.36 Å². The monoisotopic (exact) mass is 272 g/mol. The summed E-state index contributed by atoms with van der Waals surface area (Å²) in [5.74, 6) is 0.112. The normalized spacial score (nSPS) is 14.3. The number of aromatic nitrogens is 2. The minimum atomic E-state index is -0.0754. The molecule has 0 bridgehead atoms. The number of nitrogens with zero attached hydrogens (tertiary/aromatic N) is 2. The van der Waals surface area contributed by atoms with Crippen LogP contribution >= 0.6 is 0 Å². The molecule has 0 spiro atoms. The van der Waals surface area contributed by atoms with Crippen molar-refractivity contribution in [2.45, 2.75) is 46.7 Å². The minimum absolute atomic E-state index is 0.0754. The van der Waals surface area contributed by atoms with Crippen molar-refractivity contribution in [3.05, 3.63) is 39.2 Å². The summed E-state index contributed by atoms with van der Waals surface area (Å²) in [6.45, 7) is 7.48. The highest BCUT2D eigenvalue weighted by Crippen LogP contribution is 2.32. The van der Waals surface area contributed by atoms with Crippen LogP contribution in [0.5, 0.6) is 5.88 Å². The van der Waals surface area contributed by atoms with E-state index in [0.29, 0.717) is 18.7 Å². The zero-order valence-electron chi connectivity index (χ0n) is 12.2. The first-order chi connectivity index (χ1) is 9.50. The van der Waals surface area contributed by atoms with Crippen LogP contribution in [0.1, 0.15) is 29.5 Å². The first kappa shape index (κ1) is 13.0. The van der Waals surface area contributed by atoms with E-state index in [-0.39, 0.29) is 11.4 Å². The summed E-state index contributed by atoms with van der Waals surface area (Å²) in [4.78, 5) is 12.6. The number of rotatable bonds is 1. The van der Waals surface area contributed by atoms with Gasteiger partial charge in [-0.1, -0.05) is 12.1 Å². The lowest BCUT2D eigenvalue weighted by molar-refractivity contribution is 0.305. The van der Waals surface area contributed by atoms with Crippen molar-refractivity contribution < 1.29 is 5.11 Å². The second-order valence-corrected chi connectivity index (χ2v) is 5.71. The fourth-order valence-corrected chi connectivity index (χ4v) is 3.02. The predicted octanol–water partition coefficient (Wildman–Crippen LogP) is 2.74. The topological polar surface area (TPSA) is 47.2 Å². The first-order valence-electron chi connectivity index (χ1n) is 7.11. The van der Waals surface area contributed by atoms with Crippen molar-refractivity contribution in [3.63, 3.8) is 0 Å². The van der Waals surface area contributed by atoms with E-state index >= 15 is 0 Å². The van der Waals surface area contributed by atoms with E-state index in [1.54, 1.807) is 9.36 Å². The van der Waals surface area contributed by atoms with Crippen molar-refractivity contribution in [2.75, 3.05) is 0 Å². The molecule has 0 radical (unpaired) electrons. The highest BCUT2D eigenvalue weighted by atomic mass is 16.3. The molecule has 4 heteroatoms. The van der Waals surface area contributed by atoms with Crippen LogP contribution < -0.4 is 5.56 Å². The van der Waals surface area contributed by atoms with Crippen molar-refractivity contribution in [3.8, 4) is 17.0 Å². The third kappa shape index (κ3) is 1.79. The van der Waals surface area contributed by atoms with Gasteiger partial charge in [-0.3, -0.25) is 9.48 Å². The van der Waals surface area contributed by atoms with E-state index in [0.717, 1.165) is 29.5 Å². The molecule has 0 unspecified atom stereocenters. The van der Waals surface area contributed by atoms with Gasteiger partial charge in [0.15, 0.2) is 0 Å². The largest absolute Gasteiger partial charge is 0.493 e. The van der Waals surface area contributed by atoms with Crippen LogP contribution in [0.4, 0.5) is 0 Å². The summed E-state index contributed by atoms with van der Waals surface area (Å²) in [5, 5.41) is 10.4. The highest BCUT2D eigenvalue weighted by molar-refractivity contribution is 5.72. The quantitative estimate of drug-likeness (QED) is 0.867. The molecular formula is C16H20N2O2. The Bertz CT molecular complexity index is 738. The van der Waals surface area contributed by atoms with E-state index in [1.165, 1.54) is 5.56 Å². The molecule has 106 valence electrons. The van der Waals surface area contributed by atoms with Crippen LogP contribution in [0.15, 0.2) is 16.9 Å². The Hall–Kier alpha value is -1.97. The standard InChI is InChI=1S/C16H20N2O2/c1-10-8-12(3)13(9-11(10)2)14-15(19)17-6-4-5-7-18(17)16(14)20/h8-9,19H,4-7H2,1-3H3. The number of benzene rings is 1. The molecular weight excluding hydrogens is 252 g/mol. The van der Waals surface area contributed by atoms with Crippen LogP contribution in [0.2, 0.25) is 0 Å². The fraction of sp³-hybridized carbons (Fsp3) is 0.438. The highest BCUT2D eigenvalue weighted by Gasteiger charge is 2.23. The molecule has 1 aromatic carbocycles. The van der Waals surface area contributed by atoms with Crippen molar-refractivity contribution >= 4 is 0 Å². The van der Waals surface area contributed by atoms with Gasteiger partial charge in [0.05, 0.1) is 0 Å². The zero-order valence-corrected chi connectivity index (χ0v) is 12.2. The molecule has 0 saturated heterocycles. The van der Waals surface area contributed by atoms with Gasteiger partial charge in [-0.05, 0) is 55.9 Å². The van der Waals surface area contributed by atoms with E-state index in [1.807, 2.05) is 19.9 Å². The third-order valence-electron chi connectivity index (χ3n) is 4.31. The lowest BCUT2D eigenvalue weighted by Gasteiger charge is -2.16. The van der Waals surface area contributed by atoms with Crippen LogP contribution in [0.3, 0.4) is 0 Å². The third-order valence-corrected chi connectivity index (χ3v) is 4.31. The molecule has 3 rings (SSSR count). The second kappa shape index (κ2) is 4.54. The fourth-order valence-electron chi connectivity index (χ4n) is 3.02. The van der Waals surface area contributed by atoms with Gasteiger partial charge >= 0.3 is 0 Å². The Morgan fingerprint density at radius 3 is 2.20 bits per heavy atom. The van der Waals surface area contributed by atoms with Gasteiger partial charge in [0, 0.05) is 13.1 Å². The van der Waals surface area contributed by atoms with Crippen LogP contribution in [0.25, 0.3) is 11.1 Å². The Morgan fingerprint density at radius 1 is 0.950 bits per heavy atom. The number of fused-ring (bicyclic) bond motifs is 1. The summed E-state index contributed by atoms with van der Waals surface area (Å²) in [5.41, 5.74) is 4.60. The van der Waals surface area contributed by atoms with E-state index in [9.17, 15) is 9.90 Å². The maximum Gasteiger partial charge on any atom is 0.278 e. The number of aromatic hydroxyl groups is 1. The molecule has 1 aromatic heterocycles. The minimum Gasteiger partial charge on any atom is -0.493 e. The van der Waals surface area contributed by atoms with Crippen LogP contribution in [0, 0.1) is 20.8 Å². The molecule has 1 N–H and O–H groups in total. The Morgan fingerprint density at radius 2 is 1.55 bits per heavy atom. The number of hydrogen-bond acceptors (Lipinski definition) is 2. The average molecular weight is 272 g/mol. The summed E-state index contributed by atoms with van der Waals surface area (Å²) in [6.07, 6.45) is 2.00. The van der Waals surface area contributed by atoms with Gasteiger partial charge in [0.1, 0.15) is 5.56 Å². The zero-order chi connectivity index (χ0) is 14.4. The van der Waals surface area contributed by atoms with Gasteiger partial charge in [-0.15, -0.1) is 0 Å². The lowest BCUT2D eigenvalue weighted by atomic mass is 9.97. The van der Waals surface area contributed by atoms with Gasteiger partial charge in [0.2, 0.25) is 5.88 Å². The van der Waals surface area contributed by atoms with Crippen LogP contribution in [-0.4, -0.2) is 14.5 Å². The van der Waals surface area contributed by atoms with E-state index < -0.39 is 0 Å². The molecule has 20 heavy (non-hydrogen) atoms. The van der Waals surface area contributed by atoms with Gasteiger partial charge in [-0.2, -0.15) is 0 Å². The molecule has 1 aliphatic rings. The molecule has 0 saturated carbocycles. The van der Waals surface area contributed by atoms with Gasteiger partial charge in [-0.25, -0.2) is 4.68 Å². The molecule has 1 aliphatic heterocycles. The van der Waals surface area contributed by atoms with Crippen molar-refractivity contribution in [2.24, 2.45) is 0 Å². The smallest absolute Gasteiger partial charge is 0.278 e. The number of aryl methyl sites for hydroxylation is 3. The molecule has 0 aliphatic carbocycles. The Labute approximate surface area is 118 Å². The maximum absolute atomic E-state index is 12.6. The Balaban J connectivity index is 2.28. The van der Waals surface area contributed by atoms with E-state index in [2.05, 4.69) is 13.0 Å². The molecule has 2 heterocycles. The first-order valence-corrected chi connectivity index (χ1v) is 7.11. The number of hydrogen-bond donors (Lipinski definition) is 1. The maximum atomic E-state index is 12.6. The summed E-state index contributed by atoms with van der Waals surface area (Å²) in [6, 6.07) is 4.08. The Kier molecular flexibility index (Phi) is 2.96. The summed E-state index contributed by atoms with van der Waals surface area (Å²) >= 11 is 0. The SMILES string of the molecule is Cc1cc(C)c(-c2c(O)n3n(c2=O)CCCC3)cc1C. The second-order valence-electron chi connectivity index (χ2n) is 5.71. The van der Waals surface area contributed by atoms with Gasteiger partial charge < -0.3 is 5.11 Å². The average Bonchev–Trinajstić information content (AvgIpc) is 2.68. The van der Waals surface area contributed by atoms with Gasteiger partial charge in [0.25, 0.3) is 5.56 Å². The van der Waals surface area contributed by atoms with E-state index in [4.69, 9.17) is 0 Å². The summed E-state index contributed by atoms with van der Waals surface area (Å²) in [7, 11) is 0. The lowest BCUT2D eigenvalue weighted by Crippen LogP contribution is -2.27. The molecule has 0 amide bonds. The summed E-state index contributed by atoms with van der Waals surface area (Å²) < 4.78 is 3.39. The van der Waals surface area contributed by atoms with Crippen molar-refractivity contribution in [1.29, 1.82) is 0 Å².